The Labute approximate surface area is 163 Å². The van der Waals surface area contributed by atoms with E-state index in [1.807, 2.05) is 0 Å². The molecular weight excluding hydrogens is 335 g/mol. The quantitative estimate of drug-likeness (QED) is 0.583. The summed E-state index contributed by atoms with van der Waals surface area (Å²) >= 11 is 0. The van der Waals surface area contributed by atoms with Crippen molar-refractivity contribution in [3.05, 3.63) is 71.3 Å². The van der Waals surface area contributed by atoms with Gasteiger partial charge in [0.15, 0.2) is 0 Å². The molecule has 2 aromatic rings. The Morgan fingerprint density at radius 2 is 1.59 bits per heavy atom. The maximum absolute atomic E-state index is 13.1. The summed E-state index contributed by atoms with van der Waals surface area (Å²) in [4.78, 5) is 2.53. The average molecular weight is 367 g/mol. The number of nitriles is 1. The van der Waals surface area contributed by atoms with Crippen molar-refractivity contribution in [3.8, 4) is 6.07 Å². The van der Waals surface area contributed by atoms with E-state index in [1.165, 1.54) is 30.0 Å². The molecule has 1 fully saturated rings. The van der Waals surface area contributed by atoms with Crippen molar-refractivity contribution >= 4 is 0 Å². The summed E-state index contributed by atoms with van der Waals surface area (Å²) in [6.45, 7) is 7.04. The molecule has 0 aromatic heterocycles. The van der Waals surface area contributed by atoms with Gasteiger partial charge in [-0.15, -0.1) is 0 Å². The summed E-state index contributed by atoms with van der Waals surface area (Å²) in [6, 6.07) is 21.1. The number of benzene rings is 2. The minimum Gasteiger partial charge on any atom is -0.303 e. The van der Waals surface area contributed by atoms with Gasteiger partial charge in [-0.25, -0.2) is 4.39 Å². The fraction of sp³-hybridized carbons (Fsp3) is 0.458. The van der Waals surface area contributed by atoms with Crippen LogP contribution in [0.25, 0.3) is 0 Å². The number of hydrogen-bond acceptors (Lipinski definition) is 2. The second-order valence-electron chi connectivity index (χ2n) is 7.10. The molecule has 144 valence electrons. The monoisotopic (exact) mass is 366 g/mol. The van der Waals surface area contributed by atoms with Gasteiger partial charge >= 0.3 is 0 Å². The van der Waals surface area contributed by atoms with Crippen molar-refractivity contribution in [3.63, 3.8) is 0 Å². The van der Waals surface area contributed by atoms with Gasteiger partial charge in [0.2, 0.25) is 0 Å². The summed E-state index contributed by atoms with van der Waals surface area (Å²) in [7, 11) is 0. The van der Waals surface area contributed by atoms with Crippen LogP contribution in [-0.2, 0) is 12.8 Å². The minimum atomic E-state index is -0.599. The Bertz CT molecular complexity index is 691. The van der Waals surface area contributed by atoms with Crippen LogP contribution in [0.4, 0.5) is 4.39 Å². The molecular formula is C24H31FN2. The van der Waals surface area contributed by atoms with E-state index >= 15 is 0 Å². The smallest absolute Gasteiger partial charge is 0.108 e. The molecule has 0 spiro atoms. The molecule has 0 aliphatic heterocycles. The predicted octanol–water partition coefficient (Wildman–Crippen LogP) is 5.54. The Balaban J connectivity index is 0.000000817. The average Bonchev–Trinajstić information content (AvgIpc) is 3.43. The zero-order valence-electron chi connectivity index (χ0n) is 16.6. The highest BCUT2D eigenvalue weighted by molar-refractivity contribution is 5.30. The normalized spacial score (nSPS) is 17.7. The highest BCUT2D eigenvalue weighted by Gasteiger charge is 2.38. The molecule has 1 aliphatic carbocycles. The van der Waals surface area contributed by atoms with Crippen molar-refractivity contribution in [2.24, 2.45) is 0 Å². The van der Waals surface area contributed by atoms with Crippen LogP contribution in [0.5, 0.6) is 0 Å². The van der Waals surface area contributed by atoms with Crippen LogP contribution in [0.3, 0.4) is 0 Å². The van der Waals surface area contributed by atoms with Gasteiger partial charge in [0.1, 0.15) is 6.17 Å². The molecule has 0 radical (unpaired) electrons. The molecule has 0 heterocycles. The van der Waals surface area contributed by atoms with E-state index in [2.05, 4.69) is 66.4 Å². The van der Waals surface area contributed by atoms with Crippen molar-refractivity contribution in [2.75, 3.05) is 19.6 Å². The van der Waals surface area contributed by atoms with Crippen LogP contribution in [0.2, 0.25) is 0 Å². The first-order chi connectivity index (χ1) is 13.2. The number of nitrogens with zero attached hydrogens (tertiary/aromatic N) is 2. The van der Waals surface area contributed by atoms with E-state index in [1.54, 1.807) is 6.07 Å². The Morgan fingerprint density at radius 3 is 2.15 bits per heavy atom. The minimum absolute atomic E-state index is 0.174. The molecule has 27 heavy (non-hydrogen) atoms. The Kier molecular flexibility index (Phi) is 9.01. The second-order valence-corrected chi connectivity index (χ2v) is 7.10. The third kappa shape index (κ3) is 7.53. The summed E-state index contributed by atoms with van der Waals surface area (Å²) in [5.74, 6) is 0.174. The van der Waals surface area contributed by atoms with Crippen molar-refractivity contribution < 1.29 is 4.39 Å². The predicted molar refractivity (Wildman–Crippen MR) is 111 cm³/mol. The topological polar surface area (TPSA) is 27.0 Å². The van der Waals surface area contributed by atoms with Gasteiger partial charge in [-0.2, -0.15) is 5.26 Å². The van der Waals surface area contributed by atoms with Crippen molar-refractivity contribution in [2.45, 2.75) is 51.6 Å². The third-order valence-electron chi connectivity index (χ3n) is 5.07. The van der Waals surface area contributed by atoms with Crippen LogP contribution in [0.15, 0.2) is 54.6 Å². The zero-order chi connectivity index (χ0) is 19.5. The molecule has 0 N–H and O–H groups in total. The maximum atomic E-state index is 13.1. The molecule has 2 unspecified atom stereocenters. The molecule has 2 aromatic carbocycles. The van der Waals surface area contributed by atoms with Crippen LogP contribution in [0.1, 0.15) is 49.3 Å². The summed E-state index contributed by atoms with van der Waals surface area (Å²) in [5.41, 5.74) is 3.95. The van der Waals surface area contributed by atoms with Crippen molar-refractivity contribution in [1.29, 1.82) is 5.26 Å². The summed E-state index contributed by atoms with van der Waals surface area (Å²) in [5, 5.41) is 7.32. The van der Waals surface area contributed by atoms with E-state index in [0.29, 0.717) is 6.42 Å². The second kappa shape index (κ2) is 11.5. The van der Waals surface area contributed by atoms with Crippen LogP contribution >= 0.6 is 0 Å². The van der Waals surface area contributed by atoms with Crippen molar-refractivity contribution in [1.82, 2.24) is 4.90 Å². The first-order valence-corrected chi connectivity index (χ1v) is 9.98. The van der Waals surface area contributed by atoms with Gasteiger partial charge in [0, 0.05) is 19.4 Å². The van der Waals surface area contributed by atoms with Gasteiger partial charge in [0.25, 0.3) is 0 Å². The lowest BCUT2D eigenvalue weighted by molar-refractivity contribution is 0.288. The van der Waals surface area contributed by atoms with Gasteiger partial charge in [-0.1, -0.05) is 61.5 Å². The van der Waals surface area contributed by atoms with E-state index in [4.69, 9.17) is 5.26 Å². The number of alkyl halides is 1. The van der Waals surface area contributed by atoms with Gasteiger partial charge in [0.05, 0.1) is 6.07 Å². The molecule has 0 saturated heterocycles. The van der Waals surface area contributed by atoms with Gasteiger partial charge in [-0.3, -0.25) is 0 Å². The number of rotatable bonds is 9. The third-order valence-corrected chi connectivity index (χ3v) is 5.07. The lowest BCUT2D eigenvalue weighted by Gasteiger charge is -2.20. The molecule has 0 bridgehead atoms. The van der Waals surface area contributed by atoms with Gasteiger partial charge in [-0.05, 0) is 55.5 Å². The van der Waals surface area contributed by atoms with Crippen LogP contribution in [-0.4, -0.2) is 30.7 Å². The van der Waals surface area contributed by atoms with E-state index in [-0.39, 0.29) is 5.92 Å². The maximum Gasteiger partial charge on any atom is 0.108 e. The molecule has 3 rings (SSSR count). The molecule has 2 nitrogen and oxygen atoms in total. The number of hydrogen-bond donors (Lipinski definition) is 0. The highest BCUT2D eigenvalue weighted by Crippen LogP contribution is 2.43. The highest BCUT2D eigenvalue weighted by atomic mass is 19.1. The van der Waals surface area contributed by atoms with Crippen LogP contribution < -0.4 is 0 Å². The number of aryl methyl sites for hydroxylation is 1. The summed E-state index contributed by atoms with van der Waals surface area (Å²) in [6.07, 6.45) is 3.52. The largest absolute Gasteiger partial charge is 0.303 e. The standard InChI is InChI=1S/C22H28FN.C2H3N/c1-2-24(16-14-18-7-4-3-5-8-18)15-6-9-19-10-12-20(13-11-19)21-17-22(21)23;1-2-3/h3-5,7-8,10-13,21-22H,2,6,9,14-17H2,1H3;1H3. The molecule has 3 heteroatoms. The Morgan fingerprint density at radius 1 is 1.00 bits per heavy atom. The van der Waals surface area contributed by atoms with E-state index in [9.17, 15) is 4.39 Å². The molecule has 0 amide bonds. The van der Waals surface area contributed by atoms with E-state index < -0.39 is 6.17 Å². The fourth-order valence-electron chi connectivity index (χ4n) is 3.31. The fourth-order valence-corrected chi connectivity index (χ4v) is 3.31. The molecule has 1 aliphatic rings. The first-order valence-electron chi connectivity index (χ1n) is 9.98. The lowest BCUT2D eigenvalue weighted by atomic mass is 10.0. The number of likely N-dealkylation sites (N-methyl/N-ethyl adjacent to an activating group) is 1. The van der Waals surface area contributed by atoms with E-state index in [0.717, 1.165) is 32.5 Å². The van der Waals surface area contributed by atoms with Crippen LogP contribution in [0, 0.1) is 11.3 Å². The Hall–Kier alpha value is -2.18. The molecule has 2 atom stereocenters. The summed E-state index contributed by atoms with van der Waals surface area (Å²) < 4.78 is 13.1. The zero-order valence-corrected chi connectivity index (χ0v) is 16.6. The SMILES string of the molecule is CC#N.CCN(CCCc1ccc(C2CC2F)cc1)CCc1ccccc1. The number of halogens is 1. The lowest BCUT2D eigenvalue weighted by Crippen LogP contribution is -2.27. The van der Waals surface area contributed by atoms with Gasteiger partial charge < -0.3 is 4.90 Å². The molecule has 1 saturated carbocycles. The first kappa shape index (κ1) is 21.1.